The third-order valence-corrected chi connectivity index (χ3v) is 7.73. The van der Waals surface area contributed by atoms with Gasteiger partial charge in [-0.05, 0) is 116 Å². The zero-order valence-electron chi connectivity index (χ0n) is 22.5. The molecule has 2 aliphatic heterocycles. The van der Waals surface area contributed by atoms with Crippen molar-refractivity contribution < 1.29 is 9.90 Å². The maximum atomic E-state index is 11.4. The number of aliphatic carboxylic acids is 1. The monoisotopic (exact) mass is 494 g/mol. The molecule has 0 saturated carbocycles. The molecular weight excluding hydrogens is 460 g/mol. The van der Waals surface area contributed by atoms with E-state index in [1.807, 2.05) is 13.0 Å². The molecule has 0 aliphatic carbocycles. The molecule has 0 amide bonds. The normalized spacial score (nSPS) is 13.6. The Morgan fingerprint density at radius 2 is 1.43 bits per heavy atom. The molecule has 0 fully saturated rings. The highest BCUT2D eigenvalue weighted by atomic mass is 16.4. The molecule has 5 rings (SSSR count). The first-order chi connectivity index (χ1) is 17.7. The topological polar surface area (TPSA) is 94.7 Å². The van der Waals surface area contributed by atoms with Gasteiger partial charge < -0.3 is 15.1 Å². The van der Waals surface area contributed by atoms with E-state index in [1.165, 1.54) is 22.3 Å². The summed E-state index contributed by atoms with van der Waals surface area (Å²) in [6, 6.07) is 10.6. The van der Waals surface area contributed by atoms with Crippen LogP contribution in [0.15, 0.2) is 30.3 Å². The van der Waals surface area contributed by atoms with E-state index in [9.17, 15) is 9.90 Å². The second-order valence-electron chi connectivity index (χ2n) is 10.0. The maximum absolute atomic E-state index is 11.4. The van der Waals surface area contributed by atoms with Crippen LogP contribution in [0.25, 0.3) is 44.4 Å². The molecule has 0 aromatic carbocycles. The summed E-state index contributed by atoms with van der Waals surface area (Å²) in [5, 5.41) is 9.37. The highest BCUT2D eigenvalue weighted by Gasteiger charge is 2.21. The van der Waals surface area contributed by atoms with E-state index in [4.69, 9.17) is 9.97 Å². The molecule has 2 aliphatic rings. The van der Waals surface area contributed by atoms with Gasteiger partial charge >= 0.3 is 5.97 Å². The fourth-order valence-electron chi connectivity index (χ4n) is 5.56. The van der Waals surface area contributed by atoms with Gasteiger partial charge in [-0.3, -0.25) is 4.79 Å². The lowest BCUT2D eigenvalue weighted by Gasteiger charge is -2.03. The summed E-state index contributed by atoms with van der Waals surface area (Å²) < 4.78 is 0. The Labute approximate surface area is 217 Å². The van der Waals surface area contributed by atoms with Crippen molar-refractivity contribution in [1.29, 1.82) is 0 Å². The first kappa shape index (κ1) is 24.8. The van der Waals surface area contributed by atoms with Crippen molar-refractivity contribution in [3.8, 4) is 0 Å². The zero-order chi connectivity index (χ0) is 26.4. The van der Waals surface area contributed by atoms with Crippen molar-refractivity contribution >= 4 is 50.3 Å². The molecule has 0 saturated heterocycles. The van der Waals surface area contributed by atoms with Crippen LogP contribution in [0.4, 0.5) is 0 Å². The lowest BCUT2D eigenvalue weighted by molar-refractivity contribution is -0.136. The number of hydrogen-bond donors (Lipinski definition) is 3. The second kappa shape index (κ2) is 9.51. The quantitative estimate of drug-likeness (QED) is 0.340. The number of aromatic nitrogens is 4. The Balaban J connectivity index is 1.90. The molecule has 0 unspecified atom stereocenters. The molecule has 0 radical (unpaired) electrons. The summed E-state index contributed by atoms with van der Waals surface area (Å²) >= 11 is 0. The van der Waals surface area contributed by atoms with Gasteiger partial charge in [0.15, 0.2) is 0 Å². The minimum absolute atomic E-state index is 0.0641. The number of aryl methyl sites for hydroxylation is 3. The van der Waals surface area contributed by atoms with Gasteiger partial charge in [0.2, 0.25) is 0 Å². The highest BCUT2D eigenvalue weighted by molar-refractivity contribution is 5.95. The molecule has 3 aromatic rings. The number of rotatable bonds is 5. The fourth-order valence-corrected chi connectivity index (χ4v) is 5.56. The summed E-state index contributed by atoms with van der Waals surface area (Å²) in [6.45, 7) is 12.8. The van der Waals surface area contributed by atoms with Crippen LogP contribution in [0.3, 0.4) is 0 Å². The van der Waals surface area contributed by atoms with Gasteiger partial charge in [-0.1, -0.05) is 13.8 Å². The predicted octanol–water partition coefficient (Wildman–Crippen LogP) is 7.63. The number of hydrogen-bond acceptors (Lipinski definition) is 3. The Kier molecular flexibility index (Phi) is 6.36. The molecule has 6 nitrogen and oxygen atoms in total. The fraction of sp³-hybridized carbons (Fsp3) is 0.323. The smallest absolute Gasteiger partial charge is 0.303 e. The van der Waals surface area contributed by atoms with Crippen LogP contribution in [0, 0.1) is 13.8 Å². The highest BCUT2D eigenvalue weighted by Crippen LogP contribution is 2.37. The first-order valence-electron chi connectivity index (χ1n) is 13.0. The number of carboxylic acids is 1. The first-order valence-corrected chi connectivity index (χ1v) is 13.0. The van der Waals surface area contributed by atoms with Crippen molar-refractivity contribution in [2.75, 3.05) is 0 Å². The summed E-state index contributed by atoms with van der Waals surface area (Å²) in [6.07, 6.45) is 2.29. The summed E-state index contributed by atoms with van der Waals surface area (Å²) in [7, 11) is 0. The molecule has 0 spiro atoms. The standard InChI is InChI=1S/C31H34N4O2/c1-7-21-17(4)26-14-27-18(5)22(8-2)29(35-27)15-30-23(9-10-31(36)37)19(6)25(33-30)12-20-11-16(3)24(32-20)13-28(21)34-26/h11-15,32,34H,7-10H2,1-6H3,(H,36,37). The van der Waals surface area contributed by atoms with Crippen molar-refractivity contribution in [1.82, 2.24) is 19.9 Å². The number of nitrogens with zero attached hydrogens (tertiary/aromatic N) is 2. The molecule has 3 aromatic heterocycles. The summed E-state index contributed by atoms with van der Waals surface area (Å²) in [4.78, 5) is 28.7. The third kappa shape index (κ3) is 4.41. The van der Waals surface area contributed by atoms with Crippen LogP contribution in [0.2, 0.25) is 0 Å². The van der Waals surface area contributed by atoms with Gasteiger partial charge in [0, 0.05) is 28.5 Å². The van der Waals surface area contributed by atoms with Gasteiger partial charge in [0.25, 0.3) is 0 Å². The van der Waals surface area contributed by atoms with Gasteiger partial charge in [0.1, 0.15) is 0 Å². The van der Waals surface area contributed by atoms with Crippen LogP contribution in [0.1, 0.15) is 86.4 Å². The molecular formula is C31H34N4O2. The molecule has 5 heterocycles. The van der Waals surface area contributed by atoms with Crippen LogP contribution < -0.4 is 0 Å². The van der Waals surface area contributed by atoms with Gasteiger partial charge in [-0.15, -0.1) is 0 Å². The Morgan fingerprint density at radius 3 is 2.11 bits per heavy atom. The van der Waals surface area contributed by atoms with Gasteiger partial charge in [-0.2, -0.15) is 0 Å². The van der Waals surface area contributed by atoms with Crippen molar-refractivity contribution in [3.05, 3.63) is 69.8 Å². The van der Waals surface area contributed by atoms with Crippen LogP contribution in [0.5, 0.6) is 0 Å². The van der Waals surface area contributed by atoms with Crippen LogP contribution in [-0.4, -0.2) is 31.0 Å². The van der Waals surface area contributed by atoms with Crippen LogP contribution >= 0.6 is 0 Å². The number of nitrogens with one attached hydrogen (secondary N) is 2. The number of carbonyl (C=O) groups is 1. The van der Waals surface area contributed by atoms with Crippen molar-refractivity contribution in [3.63, 3.8) is 0 Å². The minimum Gasteiger partial charge on any atom is -0.481 e. The van der Waals surface area contributed by atoms with Crippen LogP contribution in [-0.2, 0) is 11.2 Å². The Bertz CT molecular complexity index is 1660. The van der Waals surface area contributed by atoms with Gasteiger partial charge in [-0.25, -0.2) is 9.97 Å². The molecule has 37 heavy (non-hydrogen) atoms. The molecule has 6 heteroatoms. The number of carboxylic acid groups (broad SMARTS) is 1. The van der Waals surface area contributed by atoms with E-state index >= 15 is 0 Å². The number of fused-ring (bicyclic) bond motifs is 8. The second-order valence-corrected chi connectivity index (χ2v) is 10.0. The van der Waals surface area contributed by atoms with E-state index in [0.717, 1.165) is 74.4 Å². The number of H-pyrrole nitrogens is 2. The average molecular weight is 495 g/mol. The third-order valence-electron chi connectivity index (χ3n) is 7.73. The Hall–Kier alpha value is -3.93. The van der Waals surface area contributed by atoms with Gasteiger partial charge in [0.05, 0.1) is 22.8 Å². The summed E-state index contributed by atoms with van der Waals surface area (Å²) in [5.41, 5.74) is 15.8. The lowest BCUT2D eigenvalue weighted by atomic mass is 9.99. The largest absolute Gasteiger partial charge is 0.481 e. The van der Waals surface area contributed by atoms with Crippen molar-refractivity contribution in [2.24, 2.45) is 0 Å². The molecule has 190 valence electrons. The molecule has 0 atom stereocenters. The SMILES string of the molecule is CCC1=C(C)c2cc3[nH]c(cc4[nH]c(cc5nc(cc1n2)C(CCC(=O)O)=C5C)cc4C)c(CC)c3C. The summed E-state index contributed by atoms with van der Waals surface area (Å²) in [5.74, 6) is -0.809. The maximum Gasteiger partial charge on any atom is 0.303 e. The van der Waals surface area contributed by atoms with E-state index in [0.29, 0.717) is 6.42 Å². The lowest BCUT2D eigenvalue weighted by Crippen LogP contribution is -1.95. The minimum atomic E-state index is -0.809. The Morgan fingerprint density at radius 1 is 0.757 bits per heavy atom. The average Bonchev–Trinajstić information content (AvgIpc) is 3.52. The van der Waals surface area contributed by atoms with E-state index in [1.54, 1.807) is 0 Å². The number of allylic oxidation sites excluding steroid dienone is 4. The zero-order valence-corrected chi connectivity index (χ0v) is 22.5. The van der Waals surface area contributed by atoms with E-state index in [2.05, 4.69) is 68.9 Å². The van der Waals surface area contributed by atoms with E-state index in [-0.39, 0.29) is 6.42 Å². The van der Waals surface area contributed by atoms with Crippen molar-refractivity contribution in [2.45, 2.75) is 67.2 Å². The van der Waals surface area contributed by atoms with E-state index < -0.39 is 5.97 Å². The number of aromatic amines is 2. The molecule has 8 bridgehead atoms. The molecule has 3 N–H and O–H groups in total. The predicted molar refractivity (Wildman–Crippen MR) is 152 cm³/mol.